The summed E-state index contributed by atoms with van der Waals surface area (Å²) in [5.74, 6) is 0.816. The highest BCUT2D eigenvalue weighted by molar-refractivity contribution is 4.80. The third-order valence-corrected chi connectivity index (χ3v) is 3.84. The summed E-state index contributed by atoms with van der Waals surface area (Å²) in [6.07, 6.45) is 11.0. The molecule has 0 aromatic heterocycles. The molecule has 1 saturated carbocycles. The van der Waals surface area contributed by atoms with Gasteiger partial charge in [-0.1, -0.05) is 12.8 Å². The topological polar surface area (TPSA) is 35.2 Å². The highest BCUT2D eigenvalue weighted by Crippen LogP contribution is 2.29. The Bertz CT molecular complexity index is 166. The second-order valence-corrected chi connectivity index (χ2v) is 4.92. The van der Waals surface area contributed by atoms with E-state index in [1.165, 1.54) is 51.4 Å². The van der Waals surface area contributed by atoms with Gasteiger partial charge in [-0.15, -0.1) is 0 Å². The zero-order valence-corrected chi connectivity index (χ0v) is 9.08. The Hall–Kier alpha value is -0.0800. The van der Waals surface area contributed by atoms with Crippen LogP contribution >= 0.6 is 0 Å². The maximum atomic E-state index is 6.04. The quantitative estimate of drug-likeness (QED) is 0.751. The molecule has 2 heteroatoms. The number of rotatable bonds is 4. The molecule has 1 heterocycles. The number of nitrogens with two attached hydrogens (primary N) is 1. The molecule has 0 spiro atoms. The fraction of sp³-hybridized carbons (Fsp3) is 1.00. The molecule has 2 aliphatic rings. The van der Waals surface area contributed by atoms with Crippen molar-refractivity contribution in [2.75, 3.05) is 6.61 Å². The molecule has 0 amide bonds. The molecule has 0 radical (unpaired) electrons. The van der Waals surface area contributed by atoms with Crippen molar-refractivity contribution in [3.05, 3.63) is 0 Å². The average Bonchev–Trinajstić information content (AvgIpc) is 2.78. The molecular formula is C12H23NO. The predicted molar refractivity (Wildman–Crippen MR) is 58.1 cm³/mol. The second kappa shape index (κ2) is 5.13. The third kappa shape index (κ3) is 2.71. The van der Waals surface area contributed by atoms with Crippen LogP contribution in [0.15, 0.2) is 0 Å². The van der Waals surface area contributed by atoms with E-state index in [2.05, 4.69) is 0 Å². The molecule has 3 unspecified atom stereocenters. The van der Waals surface area contributed by atoms with Crippen molar-refractivity contribution in [2.45, 2.75) is 63.5 Å². The first kappa shape index (κ1) is 10.4. The summed E-state index contributed by atoms with van der Waals surface area (Å²) in [6.45, 7) is 0.994. The van der Waals surface area contributed by atoms with Gasteiger partial charge < -0.3 is 10.5 Å². The van der Waals surface area contributed by atoms with E-state index in [9.17, 15) is 0 Å². The molecule has 0 bridgehead atoms. The van der Waals surface area contributed by atoms with Crippen LogP contribution in [0.3, 0.4) is 0 Å². The summed E-state index contributed by atoms with van der Waals surface area (Å²) >= 11 is 0. The van der Waals surface area contributed by atoms with Crippen molar-refractivity contribution >= 4 is 0 Å². The molecule has 2 fully saturated rings. The minimum atomic E-state index is 0.500. The zero-order valence-electron chi connectivity index (χ0n) is 9.08. The number of ether oxygens (including phenoxy) is 1. The lowest BCUT2D eigenvalue weighted by atomic mass is 9.96. The fourth-order valence-corrected chi connectivity index (χ4v) is 2.90. The van der Waals surface area contributed by atoms with Gasteiger partial charge in [-0.25, -0.2) is 0 Å². The summed E-state index contributed by atoms with van der Waals surface area (Å²) in [7, 11) is 0. The lowest BCUT2D eigenvalue weighted by Gasteiger charge is -2.16. The average molecular weight is 197 g/mol. The SMILES string of the molecule is NC1CCCC1CCCC1CCCO1. The molecule has 14 heavy (non-hydrogen) atoms. The van der Waals surface area contributed by atoms with Gasteiger partial charge in [0.15, 0.2) is 0 Å². The van der Waals surface area contributed by atoms with Crippen LogP contribution in [0.1, 0.15) is 51.4 Å². The molecule has 2 rings (SSSR count). The Morgan fingerprint density at radius 3 is 2.64 bits per heavy atom. The van der Waals surface area contributed by atoms with Crippen LogP contribution in [0.25, 0.3) is 0 Å². The molecule has 1 saturated heterocycles. The van der Waals surface area contributed by atoms with Gasteiger partial charge in [0, 0.05) is 12.6 Å². The van der Waals surface area contributed by atoms with Crippen molar-refractivity contribution in [3.8, 4) is 0 Å². The molecule has 0 aromatic rings. The molecule has 3 atom stereocenters. The van der Waals surface area contributed by atoms with Crippen molar-refractivity contribution in [3.63, 3.8) is 0 Å². The minimum Gasteiger partial charge on any atom is -0.378 e. The second-order valence-electron chi connectivity index (χ2n) is 4.92. The van der Waals surface area contributed by atoms with Gasteiger partial charge in [0.05, 0.1) is 6.10 Å². The normalized spacial score (nSPS) is 37.9. The van der Waals surface area contributed by atoms with E-state index in [0.29, 0.717) is 12.1 Å². The summed E-state index contributed by atoms with van der Waals surface area (Å²) in [6, 6.07) is 0.500. The Balaban J connectivity index is 1.57. The summed E-state index contributed by atoms with van der Waals surface area (Å²) in [5, 5.41) is 0. The Morgan fingerprint density at radius 1 is 1.07 bits per heavy atom. The molecule has 2 nitrogen and oxygen atoms in total. The first-order valence-electron chi connectivity index (χ1n) is 6.23. The Kier molecular flexibility index (Phi) is 3.82. The van der Waals surface area contributed by atoms with E-state index in [0.717, 1.165) is 12.5 Å². The molecular weight excluding hydrogens is 174 g/mol. The smallest absolute Gasteiger partial charge is 0.0576 e. The lowest BCUT2D eigenvalue weighted by Crippen LogP contribution is -2.24. The Labute approximate surface area is 87.2 Å². The van der Waals surface area contributed by atoms with Gasteiger partial charge in [-0.05, 0) is 44.4 Å². The van der Waals surface area contributed by atoms with Crippen LogP contribution in [0.2, 0.25) is 0 Å². The van der Waals surface area contributed by atoms with E-state index in [1.807, 2.05) is 0 Å². The van der Waals surface area contributed by atoms with Crippen LogP contribution in [0.5, 0.6) is 0 Å². The van der Waals surface area contributed by atoms with E-state index in [4.69, 9.17) is 10.5 Å². The van der Waals surface area contributed by atoms with Gasteiger partial charge in [0.25, 0.3) is 0 Å². The van der Waals surface area contributed by atoms with Gasteiger partial charge >= 0.3 is 0 Å². The van der Waals surface area contributed by atoms with Crippen molar-refractivity contribution in [1.82, 2.24) is 0 Å². The van der Waals surface area contributed by atoms with Gasteiger partial charge in [-0.2, -0.15) is 0 Å². The molecule has 0 aromatic carbocycles. The monoisotopic (exact) mass is 197 g/mol. The van der Waals surface area contributed by atoms with Crippen LogP contribution in [0, 0.1) is 5.92 Å². The summed E-state index contributed by atoms with van der Waals surface area (Å²) < 4.78 is 5.61. The maximum absolute atomic E-state index is 6.04. The maximum Gasteiger partial charge on any atom is 0.0576 e. The molecule has 1 aliphatic carbocycles. The first-order chi connectivity index (χ1) is 6.86. The minimum absolute atomic E-state index is 0.500. The van der Waals surface area contributed by atoms with Crippen molar-refractivity contribution in [1.29, 1.82) is 0 Å². The van der Waals surface area contributed by atoms with Gasteiger partial charge in [0.1, 0.15) is 0 Å². The van der Waals surface area contributed by atoms with E-state index in [1.54, 1.807) is 0 Å². The fourth-order valence-electron chi connectivity index (χ4n) is 2.90. The summed E-state index contributed by atoms with van der Waals surface area (Å²) in [4.78, 5) is 0. The number of hydrogen-bond acceptors (Lipinski definition) is 2. The highest BCUT2D eigenvalue weighted by Gasteiger charge is 2.24. The van der Waals surface area contributed by atoms with Crippen LogP contribution in [-0.4, -0.2) is 18.8 Å². The number of hydrogen-bond donors (Lipinski definition) is 1. The summed E-state index contributed by atoms with van der Waals surface area (Å²) in [5.41, 5.74) is 6.04. The predicted octanol–water partition coefficient (Wildman–Crippen LogP) is 2.46. The third-order valence-electron chi connectivity index (χ3n) is 3.84. The standard InChI is InChI=1S/C12H23NO/c13-12-8-2-5-10(12)4-1-6-11-7-3-9-14-11/h10-12H,1-9,13H2. The van der Waals surface area contributed by atoms with Gasteiger partial charge in [0.2, 0.25) is 0 Å². The molecule has 82 valence electrons. The molecule has 2 N–H and O–H groups in total. The molecule has 1 aliphatic heterocycles. The van der Waals surface area contributed by atoms with Crippen LogP contribution in [-0.2, 0) is 4.74 Å². The first-order valence-corrected chi connectivity index (χ1v) is 6.23. The van der Waals surface area contributed by atoms with E-state index >= 15 is 0 Å². The van der Waals surface area contributed by atoms with Crippen LogP contribution < -0.4 is 5.73 Å². The van der Waals surface area contributed by atoms with Crippen LogP contribution in [0.4, 0.5) is 0 Å². The highest BCUT2D eigenvalue weighted by atomic mass is 16.5. The van der Waals surface area contributed by atoms with Crippen molar-refractivity contribution in [2.24, 2.45) is 11.7 Å². The lowest BCUT2D eigenvalue weighted by molar-refractivity contribution is 0.100. The largest absolute Gasteiger partial charge is 0.378 e. The zero-order chi connectivity index (χ0) is 9.80. The van der Waals surface area contributed by atoms with E-state index in [-0.39, 0.29) is 0 Å². The Morgan fingerprint density at radius 2 is 2.00 bits per heavy atom. The van der Waals surface area contributed by atoms with Crippen molar-refractivity contribution < 1.29 is 4.74 Å². The van der Waals surface area contributed by atoms with E-state index < -0.39 is 0 Å². The van der Waals surface area contributed by atoms with Gasteiger partial charge in [-0.3, -0.25) is 0 Å².